The van der Waals surface area contributed by atoms with Gasteiger partial charge < -0.3 is 4.74 Å². The normalized spacial score (nSPS) is 27.1. The van der Waals surface area contributed by atoms with Gasteiger partial charge in [0.05, 0.1) is 6.10 Å². The molecule has 0 spiro atoms. The molecule has 0 saturated carbocycles. The van der Waals surface area contributed by atoms with E-state index in [1.165, 1.54) is 15.3 Å². The third kappa shape index (κ3) is 1.83. The molecule has 2 rings (SSSR count). The van der Waals surface area contributed by atoms with Crippen molar-refractivity contribution in [1.29, 1.82) is 0 Å². The molecule has 1 nitrogen and oxygen atoms in total. The largest absolute Gasteiger partial charge is 0.373 e. The molecule has 1 aromatic rings. The van der Waals surface area contributed by atoms with E-state index in [1.54, 1.807) is 0 Å². The highest BCUT2D eigenvalue weighted by molar-refractivity contribution is 7.12. The zero-order valence-electron chi connectivity index (χ0n) is 8.55. The van der Waals surface area contributed by atoms with Gasteiger partial charge in [0, 0.05) is 28.2 Å². The Kier molecular flexibility index (Phi) is 3.15. The lowest BCUT2D eigenvalue weighted by atomic mass is 9.97. The van der Waals surface area contributed by atoms with Crippen LogP contribution < -0.4 is 0 Å². The van der Waals surface area contributed by atoms with E-state index in [-0.39, 0.29) is 6.10 Å². The maximum absolute atomic E-state index is 5.93. The summed E-state index contributed by atoms with van der Waals surface area (Å²) in [6.45, 7) is 5.17. The average Bonchev–Trinajstić information content (AvgIpc) is 2.71. The number of alkyl halides is 1. The van der Waals surface area contributed by atoms with Crippen LogP contribution in [0, 0.1) is 19.8 Å². The fraction of sp³-hybridized carbons (Fsp3) is 0.636. The lowest BCUT2D eigenvalue weighted by Crippen LogP contribution is -2.08. The van der Waals surface area contributed by atoms with Crippen LogP contribution in [0.4, 0.5) is 0 Å². The monoisotopic (exact) mass is 230 g/mol. The second-order valence-electron chi connectivity index (χ2n) is 3.86. The van der Waals surface area contributed by atoms with Gasteiger partial charge >= 0.3 is 0 Å². The predicted molar refractivity (Wildman–Crippen MR) is 61.3 cm³/mol. The minimum absolute atomic E-state index is 0.248. The van der Waals surface area contributed by atoms with Crippen LogP contribution in [0.1, 0.15) is 27.8 Å². The van der Waals surface area contributed by atoms with Crippen LogP contribution in [-0.2, 0) is 4.74 Å². The highest BCUT2D eigenvalue weighted by atomic mass is 35.5. The van der Waals surface area contributed by atoms with Crippen molar-refractivity contribution >= 4 is 22.9 Å². The van der Waals surface area contributed by atoms with Crippen LogP contribution in [0.5, 0.6) is 0 Å². The van der Waals surface area contributed by atoms with E-state index in [4.69, 9.17) is 16.3 Å². The molecule has 0 amide bonds. The number of hydrogen-bond acceptors (Lipinski definition) is 2. The predicted octanol–water partition coefficient (Wildman–Crippen LogP) is 3.68. The van der Waals surface area contributed by atoms with Gasteiger partial charge in [-0.05, 0) is 31.9 Å². The Morgan fingerprint density at radius 3 is 2.93 bits per heavy atom. The Bertz CT molecular complexity index is 321. The molecule has 1 fully saturated rings. The van der Waals surface area contributed by atoms with Crippen molar-refractivity contribution in [3.8, 4) is 0 Å². The van der Waals surface area contributed by atoms with Crippen LogP contribution in [0.15, 0.2) is 6.07 Å². The van der Waals surface area contributed by atoms with Gasteiger partial charge in [0.15, 0.2) is 0 Å². The van der Waals surface area contributed by atoms with Gasteiger partial charge in [-0.3, -0.25) is 0 Å². The van der Waals surface area contributed by atoms with Crippen LogP contribution in [0.3, 0.4) is 0 Å². The van der Waals surface area contributed by atoms with Gasteiger partial charge in [-0.25, -0.2) is 0 Å². The Hall–Kier alpha value is -0.0500. The maximum atomic E-state index is 5.93. The first-order chi connectivity index (χ1) is 6.72. The zero-order valence-corrected chi connectivity index (χ0v) is 10.1. The topological polar surface area (TPSA) is 9.23 Å². The van der Waals surface area contributed by atoms with Crippen molar-refractivity contribution in [2.45, 2.75) is 26.4 Å². The molecule has 1 aliphatic rings. The summed E-state index contributed by atoms with van der Waals surface area (Å²) in [7, 11) is 0. The first-order valence-corrected chi connectivity index (χ1v) is 6.32. The molecular formula is C11H15ClOS. The fourth-order valence-electron chi connectivity index (χ4n) is 2.07. The zero-order chi connectivity index (χ0) is 10.1. The van der Waals surface area contributed by atoms with Gasteiger partial charge in [-0.1, -0.05) is 0 Å². The summed E-state index contributed by atoms with van der Waals surface area (Å²) in [5, 5.41) is 0. The second-order valence-corrected chi connectivity index (χ2v) is 5.63. The first kappa shape index (κ1) is 10.5. The number of aryl methyl sites for hydroxylation is 2. The summed E-state index contributed by atoms with van der Waals surface area (Å²) in [5.74, 6) is 1.21. The van der Waals surface area contributed by atoms with Gasteiger partial charge in [0.2, 0.25) is 0 Å². The average molecular weight is 231 g/mol. The summed E-state index contributed by atoms with van der Waals surface area (Å²) in [4.78, 5) is 2.74. The maximum Gasteiger partial charge on any atom is 0.0875 e. The second kappa shape index (κ2) is 4.21. The fourth-order valence-corrected chi connectivity index (χ4v) is 3.35. The van der Waals surface area contributed by atoms with Crippen LogP contribution in [0.25, 0.3) is 0 Å². The molecule has 3 heteroatoms. The molecule has 0 N–H and O–H groups in total. The van der Waals surface area contributed by atoms with E-state index >= 15 is 0 Å². The summed E-state index contributed by atoms with van der Waals surface area (Å²) >= 11 is 7.78. The number of halogens is 1. The lowest BCUT2D eigenvalue weighted by molar-refractivity contribution is 0.0950. The van der Waals surface area contributed by atoms with Crippen molar-refractivity contribution in [3.63, 3.8) is 0 Å². The highest BCUT2D eigenvalue weighted by Gasteiger charge is 2.30. The molecule has 1 aromatic heterocycles. The molecule has 78 valence electrons. The summed E-state index contributed by atoms with van der Waals surface area (Å²) in [6, 6.07) is 2.25. The van der Waals surface area contributed by atoms with Gasteiger partial charge in [-0.15, -0.1) is 22.9 Å². The van der Waals surface area contributed by atoms with Crippen LogP contribution in [0.2, 0.25) is 0 Å². The SMILES string of the molecule is Cc1cc(C2OCCC2CCl)c(C)s1. The highest BCUT2D eigenvalue weighted by Crippen LogP contribution is 2.39. The lowest BCUT2D eigenvalue weighted by Gasteiger charge is -2.15. The molecule has 2 heterocycles. The molecule has 0 aliphatic carbocycles. The minimum Gasteiger partial charge on any atom is -0.373 e. The van der Waals surface area contributed by atoms with E-state index in [1.807, 2.05) is 11.3 Å². The molecule has 0 aromatic carbocycles. The minimum atomic E-state index is 0.248. The molecule has 2 unspecified atom stereocenters. The molecule has 0 bridgehead atoms. The Balaban J connectivity index is 2.25. The van der Waals surface area contributed by atoms with Gasteiger partial charge in [0.25, 0.3) is 0 Å². The number of rotatable bonds is 2. The molecular weight excluding hydrogens is 216 g/mol. The Labute approximate surface area is 94.0 Å². The quantitative estimate of drug-likeness (QED) is 0.705. The van der Waals surface area contributed by atoms with Crippen molar-refractivity contribution in [2.24, 2.45) is 5.92 Å². The standard InChI is InChI=1S/C11H15ClOS/c1-7-5-10(8(2)14-7)11-9(6-12)3-4-13-11/h5,9,11H,3-4,6H2,1-2H3. The molecule has 1 saturated heterocycles. The van der Waals surface area contributed by atoms with Crippen molar-refractivity contribution < 1.29 is 4.74 Å². The molecule has 0 radical (unpaired) electrons. The third-order valence-corrected chi connectivity index (χ3v) is 4.18. The Morgan fingerprint density at radius 1 is 1.57 bits per heavy atom. The molecule has 2 atom stereocenters. The van der Waals surface area contributed by atoms with E-state index in [2.05, 4.69) is 19.9 Å². The summed E-state index contributed by atoms with van der Waals surface area (Å²) < 4.78 is 5.76. The number of ether oxygens (including phenoxy) is 1. The summed E-state index contributed by atoms with van der Waals surface area (Å²) in [6.07, 6.45) is 1.35. The smallest absolute Gasteiger partial charge is 0.0875 e. The van der Waals surface area contributed by atoms with Gasteiger partial charge in [-0.2, -0.15) is 0 Å². The van der Waals surface area contributed by atoms with Crippen molar-refractivity contribution in [2.75, 3.05) is 12.5 Å². The van der Waals surface area contributed by atoms with E-state index in [9.17, 15) is 0 Å². The Morgan fingerprint density at radius 2 is 2.36 bits per heavy atom. The summed E-state index contributed by atoms with van der Waals surface area (Å²) in [5.41, 5.74) is 1.36. The van der Waals surface area contributed by atoms with E-state index in [0.29, 0.717) is 11.8 Å². The van der Waals surface area contributed by atoms with Crippen molar-refractivity contribution in [1.82, 2.24) is 0 Å². The van der Waals surface area contributed by atoms with Crippen LogP contribution in [-0.4, -0.2) is 12.5 Å². The van der Waals surface area contributed by atoms with Gasteiger partial charge in [0.1, 0.15) is 0 Å². The third-order valence-electron chi connectivity index (χ3n) is 2.80. The van der Waals surface area contributed by atoms with E-state index in [0.717, 1.165) is 13.0 Å². The number of thiophene rings is 1. The number of hydrogen-bond donors (Lipinski definition) is 0. The van der Waals surface area contributed by atoms with Crippen LogP contribution >= 0.6 is 22.9 Å². The first-order valence-electron chi connectivity index (χ1n) is 4.97. The molecule has 1 aliphatic heterocycles. The molecule has 14 heavy (non-hydrogen) atoms. The van der Waals surface area contributed by atoms with E-state index < -0.39 is 0 Å². The van der Waals surface area contributed by atoms with Crippen molar-refractivity contribution in [3.05, 3.63) is 21.4 Å².